The monoisotopic (exact) mass is 323 g/mol. The van der Waals surface area contributed by atoms with Crippen molar-refractivity contribution >= 4 is 22.9 Å². The summed E-state index contributed by atoms with van der Waals surface area (Å²) in [4.78, 5) is 23.1. The molecule has 1 aromatic rings. The van der Waals surface area contributed by atoms with Crippen molar-refractivity contribution in [2.45, 2.75) is 38.4 Å². The molecule has 0 aromatic heterocycles. The summed E-state index contributed by atoms with van der Waals surface area (Å²) in [6, 6.07) is 5.41. The van der Waals surface area contributed by atoms with Crippen molar-refractivity contribution in [3.8, 4) is 11.5 Å². The minimum Gasteiger partial charge on any atom is -0.490 e. The van der Waals surface area contributed by atoms with Crippen LogP contribution in [0.1, 0.15) is 43.9 Å². The summed E-state index contributed by atoms with van der Waals surface area (Å²) in [5.41, 5.74) is 0.748. The second kappa shape index (κ2) is 8.08. The molecule has 1 aliphatic heterocycles. The molecule has 0 aliphatic carbocycles. The molecule has 0 unspecified atom stereocenters. The van der Waals surface area contributed by atoms with Crippen molar-refractivity contribution in [1.82, 2.24) is 5.32 Å². The maximum absolute atomic E-state index is 11.8. The fourth-order valence-electron chi connectivity index (χ4n) is 2.19. The average Bonchev–Trinajstić information content (AvgIpc) is 2.84. The average molecular weight is 323 g/mol. The lowest BCUT2D eigenvalue weighted by atomic mass is 10.1. The van der Waals surface area contributed by atoms with Gasteiger partial charge >= 0.3 is 0 Å². The van der Waals surface area contributed by atoms with E-state index < -0.39 is 5.25 Å². The van der Waals surface area contributed by atoms with E-state index in [0.717, 1.165) is 36.6 Å². The number of ether oxygens (including phenoxy) is 2. The Hall–Kier alpha value is -1.69. The van der Waals surface area contributed by atoms with E-state index >= 15 is 0 Å². The smallest absolute Gasteiger partial charge is 0.286 e. The molecule has 1 N–H and O–H groups in total. The lowest BCUT2D eigenvalue weighted by Crippen LogP contribution is -2.20. The van der Waals surface area contributed by atoms with Crippen molar-refractivity contribution in [2.24, 2.45) is 0 Å². The molecular formula is C16H21NO4S. The van der Waals surface area contributed by atoms with Crippen LogP contribution in [0.4, 0.5) is 4.79 Å². The van der Waals surface area contributed by atoms with Crippen molar-refractivity contribution in [2.75, 3.05) is 13.2 Å². The van der Waals surface area contributed by atoms with Gasteiger partial charge < -0.3 is 9.47 Å². The third kappa shape index (κ3) is 4.16. The van der Waals surface area contributed by atoms with Crippen LogP contribution >= 0.6 is 11.8 Å². The van der Waals surface area contributed by atoms with E-state index in [1.165, 1.54) is 0 Å². The Bertz CT molecular complexity index is 547. The van der Waals surface area contributed by atoms with E-state index in [9.17, 15) is 9.59 Å². The van der Waals surface area contributed by atoms with Gasteiger partial charge in [0.2, 0.25) is 5.91 Å². The van der Waals surface area contributed by atoms with E-state index in [4.69, 9.17) is 9.47 Å². The number of unbranched alkanes of at least 4 members (excludes halogenated alkanes) is 2. The van der Waals surface area contributed by atoms with Crippen molar-refractivity contribution < 1.29 is 19.1 Å². The number of amides is 2. The second-order valence-electron chi connectivity index (χ2n) is 4.97. The van der Waals surface area contributed by atoms with Gasteiger partial charge in [0.05, 0.1) is 13.2 Å². The summed E-state index contributed by atoms with van der Waals surface area (Å²) in [5, 5.41) is 1.47. The van der Waals surface area contributed by atoms with Crippen LogP contribution in [0.15, 0.2) is 18.2 Å². The molecule has 5 nitrogen and oxygen atoms in total. The minimum absolute atomic E-state index is 0.283. The summed E-state index contributed by atoms with van der Waals surface area (Å²) in [6.45, 7) is 5.20. The number of carbonyl (C=O) groups excluding carboxylic acids is 2. The van der Waals surface area contributed by atoms with Crippen molar-refractivity contribution in [1.29, 1.82) is 0 Å². The van der Waals surface area contributed by atoms with Gasteiger partial charge in [-0.2, -0.15) is 0 Å². The number of carbonyl (C=O) groups is 2. The van der Waals surface area contributed by atoms with Gasteiger partial charge in [-0.05, 0) is 42.8 Å². The molecule has 22 heavy (non-hydrogen) atoms. The number of hydrogen-bond donors (Lipinski definition) is 1. The first kappa shape index (κ1) is 16.7. The first-order valence-corrected chi connectivity index (χ1v) is 8.44. The Kier molecular flexibility index (Phi) is 6.12. The molecule has 1 aliphatic rings. The molecule has 1 aromatic carbocycles. The molecular weight excluding hydrogens is 302 g/mol. The summed E-state index contributed by atoms with van der Waals surface area (Å²) >= 11 is 0.988. The number of imide groups is 1. The van der Waals surface area contributed by atoms with E-state index in [0.29, 0.717) is 24.7 Å². The molecule has 1 saturated heterocycles. The predicted octanol–water partition coefficient (Wildman–Crippen LogP) is 3.68. The molecule has 1 fully saturated rings. The molecule has 1 atom stereocenters. The Labute approximate surface area is 134 Å². The number of nitrogens with one attached hydrogen (secondary N) is 1. The lowest BCUT2D eigenvalue weighted by molar-refractivity contribution is -0.119. The third-order valence-corrected chi connectivity index (χ3v) is 4.30. The first-order chi connectivity index (χ1) is 10.7. The van der Waals surface area contributed by atoms with Gasteiger partial charge in [-0.1, -0.05) is 25.8 Å². The summed E-state index contributed by atoms with van der Waals surface area (Å²) in [6.07, 6.45) is 3.27. The third-order valence-electron chi connectivity index (χ3n) is 3.26. The van der Waals surface area contributed by atoms with Crippen LogP contribution in [-0.4, -0.2) is 24.4 Å². The number of hydrogen-bond acceptors (Lipinski definition) is 5. The van der Waals surface area contributed by atoms with Gasteiger partial charge in [0.1, 0.15) is 5.25 Å². The minimum atomic E-state index is -0.513. The Morgan fingerprint density at radius 3 is 2.59 bits per heavy atom. The fourth-order valence-corrected chi connectivity index (χ4v) is 3.01. The molecule has 1 heterocycles. The first-order valence-electron chi connectivity index (χ1n) is 7.56. The SMILES string of the molecule is CCCCCOc1ccc([C@@H]2SC(=O)NC2=O)cc1OCC. The molecule has 0 radical (unpaired) electrons. The Balaban J connectivity index is 2.12. The summed E-state index contributed by atoms with van der Waals surface area (Å²) < 4.78 is 11.4. The van der Waals surface area contributed by atoms with Gasteiger partial charge in [0, 0.05) is 0 Å². The Morgan fingerprint density at radius 2 is 1.95 bits per heavy atom. The molecule has 0 bridgehead atoms. The molecule has 120 valence electrons. The van der Waals surface area contributed by atoms with Crippen LogP contribution in [-0.2, 0) is 4.79 Å². The van der Waals surface area contributed by atoms with E-state index in [1.54, 1.807) is 6.07 Å². The summed E-state index contributed by atoms with van der Waals surface area (Å²) in [7, 11) is 0. The lowest BCUT2D eigenvalue weighted by Gasteiger charge is -2.14. The van der Waals surface area contributed by atoms with Crippen LogP contribution < -0.4 is 14.8 Å². The second-order valence-corrected chi connectivity index (χ2v) is 6.05. The van der Waals surface area contributed by atoms with Crippen LogP contribution in [0.5, 0.6) is 11.5 Å². The quantitative estimate of drug-likeness (QED) is 0.739. The molecule has 0 saturated carbocycles. The maximum atomic E-state index is 11.8. The van der Waals surface area contributed by atoms with Crippen LogP contribution in [0.25, 0.3) is 0 Å². The maximum Gasteiger partial charge on any atom is 0.286 e. The topological polar surface area (TPSA) is 64.6 Å². The van der Waals surface area contributed by atoms with E-state index in [2.05, 4.69) is 12.2 Å². The van der Waals surface area contributed by atoms with Crippen LogP contribution in [0.2, 0.25) is 0 Å². The highest BCUT2D eigenvalue weighted by Gasteiger charge is 2.33. The highest BCUT2D eigenvalue weighted by molar-refractivity contribution is 8.15. The summed E-state index contributed by atoms with van der Waals surface area (Å²) in [5.74, 6) is 1.01. The number of benzene rings is 1. The number of thioether (sulfide) groups is 1. The molecule has 2 rings (SSSR count). The fraction of sp³-hybridized carbons (Fsp3) is 0.500. The molecule has 2 amide bonds. The van der Waals surface area contributed by atoms with Crippen molar-refractivity contribution in [3.05, 3.63) is 23.8 Å². The zero-order valence-electron chi connectivity index (χ0n) is 12.9. The zero-order valence-corrected chi connectivity index (χ0v) is 13.7. The number of rotatable bonds is 8. The highest BCUT2D eigenvalue weighted by Crippen LogP contribution is 2.38. The Morgan fingerprint density at radius 1 is 1.14 bits per heavy atom. The van der Waals surface area contributed by atoms with Gasteiger partial charge in [-0.25, -0.2) is 0 Å². The van der Waals surface area contributed by atoms with Crippen LogP contribution in [0.3, 0.4) is 0 Å². The standard InChI is InChI=1S/C16H21NO4S/c1-3-5-6-9-21-12-8-7-11(10-13(12)20-4-2)14-15(18)17-16(19)22-14/h7-8,10,14H,3-6,9H2,1-2H3,(H,17,18,19)/t14-/m0/s1. The normalized spacial score (nSPS) is 17.5. The predicted molar refractivity (Wildman–Crippen MR) is 86.5 cm³/mol. The van der Waals surface area contributed by atoms with Gasteiger partial charge in [-0.3, -0.25) is 14.9 Å². The van der Waals surface area contributed by atoms with Gasteiger partial charge in [0.15, 0.2) is 11.5 Å². The van der Waals surface area contributed by atoms with E-state index in [1.807, 2.05) is 19.1 Å². The highest BCUT2D eigenvalue weighted by atomic mass is 32.2. The zero-order chi connectivity index (χ0) is 15.9. The molecule has 0 spiro atoms. The molecule has 6 heteroatoms. The van der Waals surface area contributed by atoms with Crippen LogP contribution in [0, 0.1) is 0 Å². The van der Waals surface area contributed by atoms with Gasteiger partial charge in [0.25, 0.3) is 5.24 Å². The van der Waals surface area contributed by atoms with E-state index in [-0.39, 0.29) is 11.1 Å². The van der Waals surface area contributed by atoms with Gasteiger partial charge in [-0.15, -0.1) is 0 Å². The van der Waals surface area contributed by atoms with Crippen molar-refractivity contribution in [3.63, 3.8) is 0 Å². The largest absolute Gasteiger partial charge is 0.490 e.